The van der Waals surface area contributed by atoms with E-state index >= 15 is 0 Å². The lowest BCUT2D eigenvalue weighted by atomic mass is 9.91. The van der Waals surface area contributed by atoms with Crippen molar-refractivity contribution in [1.82, 2.24) is 4.90 Å². The molecule has 2 heteroatoms. The molecule has 17 heavy (non-hydrogen) atoms. The molecule has 0 radical (unpaired) electrons. The van der Waals surface area contributed by atoms with Gasteiger partial charge in [0.25, 0.3) is 0 Å². The molecule has 2 nitrogen and oxygen atoms in total. The van der Waals surface area contributed by atoms with Crippen LogP contribution in [0.1, 0.15) is 43.2 Å². The first-order valence-corrected chi connectivity index (χ1v) is 6.88. The molecule has 0 saturated heterocycles. The number of aromatic hydroxyl groups is 1. The molecule has 2 aliphatic rings. The van der Waals surface area contributed by atoms with E-state index < -0.39 is 0 Å². The number of benzene rings is 1. The van der Waals surface area contributed by atoms with Gasteiger partial charge in [0.1, 0.15) is 5.75 Å². The van der Waals surface area contributed by atoms with E-state index in [4.69, 9.17) is 0 Å². The number of hydrogen-bond acceptors (Lipinski definition) is 2. The Labute approximate surface area is 103 Å². The quantitative estimate of drug-likeness (QED) is 0.803. The molecule has 92 valence electrons. The molecule has 1 aromatic rings. The molecular weight excluding hydrogens is 210 g/mol. The van der Waals surface area contributed by atoms with E-state index in [2.05, 4.69) is 11.0 Å². The number of phenols is 1. The fraction of sp³-hybridized carbons (Fsp3) is 0.600. The summed E-state index contributed by atoms with van der Waals surface area (Å²) < 4.78 is 0. The average molecular weight is 231 g/mol. The Morgan fingerprint density at radius 3 is 2.76 bits per heavy atom. The molecule has 1 saturated carbocycles. The molecule has 1 aliphatic carbocycles. The maximum atomic E-state index is 9.83. The monoisotopic (exact) mass is 231 g/mol. The van der Waals surface area contributed by atoms with E-state index in [1.54, 1.807) is 0 Å². The minimum Gasteiger partial charge on any atom is -0.508 e. The Bertz CT molecular complexity index is 396. The number of hydrogen-bond donors (Lipinski definition) is 1. The van der Waals surface area contributed by atoms with Crippen LogP contribution >= 0.6 is 0 Å². The molecule has 1 heterocycles. The first kappa shape index (κ1) is 11.1. The van der Waals surface area contributed by atoms with Gasteiger partial charge in [-0.25, -0.2) is 0 Å². The van der Waals surface area contributed by atoms with Crippen LogP contribution in [0.4, 0.5) is 0 Å². The molecule has 0 amide bonds. The van der Waals surface area contributed by atoms with Crippen LogP contribution in [-0.2, 0) is 13.0 Å². The SMILES string of the molecule is Oc1cccc2c1CCN(C1CCCCC1)C2. The second-order valence-electron chi connectivity index (χ2n) is 5.43. The Morgan fingerprint density at radius 2 is 1.94 bits per heavy atom. The number of fused-ring (bicyclic) bond motifs is 1. The maximum absolute atomic E-state index is 9.83. The highest BCUT2D eigenvalue weighted by molar-refractivity contribution is 5.40. The van der Waals surface area contributed by atoms with Crippen LogP contribution in [0.2, 0.25) is 0 Å². The molecular formula is C15H21NO. The van der Waals surface area contributed by atoms with E-state index in [0.29, 0.717) is 5.75 Å². The highest BCUT2D eigenvalue weighted by Crippen LogP contribution is 2.31. The van der Waals surface area contributed by atoms with Crippen molar-refractivity contribution in [2.45, 2.75) is 51.1 Å². The van der Waals surface area contributed by atoms with Crippen LogP contribution in [0.15, 0.2) is 18.2 Å². The van der Waals surface area contributed by atoms with E-state index in [1.165, 1.54) is 43.2 Å². The third-order valence-corrected chi connectivity index (χ3v) is 4.36. The number of rotatable bonds is 1. The summed E-state index contributed by atoms with van der Waals surface area (Å²) in [4.78, 5) is 2.63. The van der Waals surface area contributed by atoms with Crippen molar-refractivity contribution < 1.29 is 5.11 Å². The van der Waals surface area contributed by atoms with E-state index in [1.807, 2.05) is 12.1 Å². The fourth-order valence-corrected chi connectivity index (χ4v) is 3.37. The highest BCUT2D eigenvalue weighted by atomic mass is 16.3. The standard InChI is InChI=1S/C15H21NO/c17-15-8-4-5-12-11-16(10-9-14(12)15)13-6-2-1-3-7-13/h4-5,8,13,17H,1-3,6-7,9-11H2. The van der Waals surface area contributed by atoms with Gasteiger partial charge in [-0.05, 0) is 36.5 Å². The Morgan fingerprint density at radius 1 is 1.12 bits per heavy atom. The normalized spacial score (nSPS) is 22.4. The van der Waals surface area contributed by atoms with Gasteiger partial charge in [-0.1, -0.05) is 31.4 Å². The molecule has 1 N–H and O–H groups in total. The predicted octanol–water partition coefficient (Wildman–Crippen LogP) is 3.08. The molecule has 1 fully saturated rings. The molecule has 1 aliphatic heterocycles. The lowest BCUT2D eigenvalue weighted by Crippen LogP contribution is -2.40. The lowest BCUT2D eigenvalue weighted by molar-refractivity contribution is 0.140. The zero-order valence-corrected chi connectivity index (χ0v) is 10.4. The molecule has 0 spiro atoms. The summed E-state index contributed by atoms with van der Waals surface area (Å²) in [6, 6.07) is 6.75. The summed E-state index contributed by atoms with van der Waals surface area (Å²) >= 11 is 0. The van der Waals surface area contributed by atoms with E-state index in [-0.39, 0.29) is 0 Å². The second kappa shape index (κ2) is 4.69. The Hall–Kier alpha value is -1.02. The Kier molecular flexibility index (Phi) is 3.06. The van der Waals surface area contributed by atoms with Gasteiger partial charge in [0.2, 0.25) is 0 Å². The number of nitrogens with zero attached hydrogens (tertiary/aromatic N) is 1. The van der Waals surface area contributed by atoms with Crippen LogP contribution in [0.5, 0.6) is 5.75 Å². The minimum absolute atomic E-state index is 0.491. The molecule has 1 aromatic carbocycles. The summed E-state index contributed by atoms with van der Waals surface area (Å²) in [5.74, 6) is 0.491. The summed E-state index contributed by atoms with van der Waals surface area (Å²) in [5.41, 5.74) is 2.52. The van der Waals surface area contributed by atoms with Crippen LogP contribution < -0.4 is 0 Å². The Balaban J connectivity index is 1.76. The van der Waals surface area contributed by atoms with Crippen LogP contribution in [0, 0.1) is 0 Å². The van der Waals surface area contributed by atoms with Gasteiger partial charge in [-0.15, -0.1) is 0 Å². The van der Waals surface area contributed by atoms with Crippen molar-refractivity contribution in [1.29, 1.82) is 0 Å². The lowest BCUT2D eigenvalue weighted by Gasteiger charge is -2.37. The first-order chi connectivity index (χ1) is 8.34. The van der Waals surface area contributed by atoms with Crippen LogP contribution in [-0.4, -0.2) is 22.6 Å². The fourth-order valence-electron chi connectivity index (χ4n) is 3.37. The summed E-state index contributed by atoms with van der Waals surface area (Å²) in [5, 5.41) is 9.83. The van der Waals surface area contributed by atoms with Crippen molar-refractivity contribution in [3.05, 3.63) is 29.3 Å². The van der Waals surface area contributed by atoms with Crippen LogP contribution in [0.25, 0.3) is 0 Å². The molecule has 0 unspecified atom stereocenters. The molecule has 0 bridgehead atoms. The summed E-state index contributed by atoms with van der Waals surface area (Å²) in [6.45, 7) is 2.16. The third kappa shape index (κ3) is 2.19. The third-order valence-electron chi connectivity index (χ3n) is 4.36. The zero-order chi connectivity index (χ0) is 11.7. The van der Waals surface area contributed by atoms with Crippen molar-refractivity contribution in [2.24, 2.45) is 0 Å². The predicted molar refractivity (Wildman–Crippen MR) is 69.1 cm³/mol. The zero-order valence-electron chi connectivity index (χ0n) is 10.4. The van der Waals surface area contributed by atoms with Crippen molar-refractivity contribution in [2.75, 3.05) is 6.54 Å². The van der Waals surface area contributed by atoms with Gasteiger partial charge in [0, 0.05) is 19.1 Å². The van der Waals surface area contributed by atoms with Crippen LogP contribution in [0.3, 0.4) is 0 Å². The van der Waals surface area contributed by atoms with Crippen molar-refractivity contribution in [3.8, 4) is 5.75 Å². The second-order valence-corrected chi connectivity index (χ2v) is 5.43. The molecule has 0 atom stereocenters. The van der Waals surface area contributed by atoms with Gasteiger partial charge < -0.3 is 5.11 Å². The van der Waals surface area contributed by atoms with Gasteiger partial charge in [0.15, 0.2) is 0 Å². The first-order valence-electron chi connectivity index (χ1n) is 6.88. The smallest absolute Gasteiger partial charge is 0.119 e. The largest absolute Gasteiger partial charge is 0.508 e. The number of phenolic OH excluding ortho intramolecular Hbond substituents is 1. The molecule has 3 rings (SSSR count). The summed E-state index contributed by atoms with van der Waals surface area (Å²) in [6.07, 6.45) is 7.96. The van der Waals surface area contributed by atoms with Crippen molar-refractivity contribution >= 4 is 0 Å². The van der Waals surface area contributed by atoms with Gasteiger partial charge in [-0.3, -0.25) is 4.90 Å². The molecule has 0 aromatic heterocycles. The van der Waals surface area contributed by atoms with Gasteiger partial charge >= 0.3 is 0 Å². The summed E-state index contributed by atoms with van der Waals surface area (Å²) in [7, 11) is 0. The van der Waals surface area contributed by atoms with E-state index in [9.17, 15) is 5.11 Å². The maximum Gasteiger partial charge on any atom is 0.119 e. The van der Waals surface area contributed by atoms with E-state index in [0.717, 1.165) is 25.6 Å². The van der Waals surface area contributed by atoms with Crippen molar-refractivity contribution in [3.63, 3.8) is 0 Å². The highest BCUT2D eigenvalue weighted by Gasteiger charge is 2.25. The average Bonchev–Trinajstić information content (AvgIpc) is 2.40. The van der Waals surface area contributed by atoms with Gasteiger partial charge in [0.05, 0.1) is 0 Å². The topological polar surface area (TPSA) is 23.5 Å². The van der Waals surface area contributed by atoms with Gasteiger partial charge in [-0.2, -0.15) is 0 Å². The minimum atomic E-state index is 0.491.